The molecule has 9 nitrogen and oxygen atoms in total. The van der Waals surface area contributed by atoms with Gasteiger partial charge in [-0.2, -0.15) is 5.10 Å². The van der Waals surface area contributed by atoms with Crippen LogP contribution in [-0.4, -0.2) is 40.8 Å². The molecule has 162 valence electrons. The smallest absolute Gasteiger partial charge is 0.265 e. The van der Waals surface area contributed by atoms with Crippen LogP contribution in [0.15, 0.2) is 67.3 Å². The van der Waals surface area contributed by atoms with E-state index in [9.17, 15) is 9.59 Å². The van der Waals surface area contributed by atoms with Gasteiger partial charge in [0, 0.05) is 17.4 Å². The molecule has 2 N–H and O–H groups in total. The lowest BCUT2D eigenvalue weighted by Gasteiger charge is -2.10. The third-order valence-electron chi connectivity index (χ3n) is 4.50. The number of amides is 2. The van der Waals surface area contributed by atoms with E-state index >= 15 is 0 Å². The quantitative estimate of drug-likeness (QED) is 0.444. The van der Waals surface area contributed by atoms with Gasteiger partial charge in [-0.3, -0.25) is 9.59 Å². The summed E-state index contributed by atoms with van der Waals surface area (Å²) in [5, 5.41) is 9.68. The summed E-state index contributed by atoms with van der Waals surface area (Å²) >= 11 is 1.10. The first-order valence-corrected chi connectivity index (χ1v) is 10.3. The van der Waals surface area contributed by atoms with Crippen molar-refractivity contribution < 1.29 is 19.1 Å². The van der Waals surface area contributed by atoms with Crippen molar-refractivity contribution in [3.8, 4) is 17.2 Å². The van der Waals surface area contributed by atoms with Crippen molar-refractivity contribution in [3.05, 3.63) is 77.0 Å². The zero-order valence-electron chi connectivity index (χ0n) is 17.2. The van der Waals surface area contributed by atoms with Gasteiger partial charge in [0.2, 0.25) is 0 Å². The maximum Gasteiger partial charge on any atom is 0.265 e. The first-order valence-electron chi connectivity index (χ1n) is 9.47. The fourth-order valence-corrected chi connectivity index (χ4v) is 3.72. The topological polar surface area (TPSA) is 107 Å². The van der Waals surface area contributed by atoms with Crippen LogP contribution in [0.25, 0.3) is 5.69 Å². The number of nitrogens with one attached hydrogen (secondary N) is 2. The van der Waals surface area contributed by atoms with Crippen molar-refractivity contribution in [1.29, 1.82) is 0 Å². The average molecular weight is 449 g/mol. The second-order valence-electron chi connectivity index (χ2n) is 6.53. The number of thiophene rings is 1. The molecule has 4 rings (SSSR count). The molecule has 0 saturated heterocycles. The third-order valence-corrected chi connectivity index (χ3v) is 5.59. The summed E-state index contributed by atoms with van der Waals surface area (Å²) < 4.78 is 12.1. The van der Waals surface area contributed by atoms with E-state index in [2.05, 4.69) is 20.7 Å². The highest BCUT2D eigenvalue weighted by Gasteiger charge is 2.15. The highest BCUT2D eigenvalue weighted by atomic mass is 32.1. The molecule has 10 heteroatoms. The molecule has 2 amide bonds. The Hall–Kier alpha value is -4.18. The van der Waals surface area contributed by atoms with E-state index < -0.39 is 0 Å². The van der Waals surface area contributed by atoms with E-state index in [-0.39, 0.29) is 11.8 Å². The van der Waals surface area contributed by atoms with E-state index in [1.54, 1.807) is 60.6 Å². The lowest BCUT2D eigenvalue weighted by molar-refractivity contribution is 0.102. The zero-order chi connectivity index (χ0) is 22.5. The van der Waals surface area contributed by atoms with Gasteiger partial charge in [-0.25, -0.2) is 9.67 Å². The highest BCUT2D eigenvalue weighted by Crippen LogP contribution is 2.30. The highest BCUT2D eigenvalue weighted by molar-refractivity contribution is 7.16. The Kier molecular flexibility index (Phi) is 6.13. The van der Waals surface area contributed by atoms with Crippen molar-refractivity contribution in [2.45, 2.75) is 0 Å². The number of aromatic nitrogens is 3. The summed E-state index contributed by atoms with van der Waals surface area (Å²) in [7, 11) is 3.06. The molecule has 32 heavy (non-hydrogen) atoms. The molecule has 0 aliphatic rings. The van der Waals surface area contributed by atoms with Crippen molar-refractivity contribution in [1.82, 2.24) is 14.8 Å². The Morgan fingerprint density at radius 3 is 2.06 bits per heavy atom. The number of anilines is 2. The van der Waals surface area contributed by atoms with Gasteiger partial charge in [-0.15, -0.1) is 11.3 Å². The van der Waals surface area contributed by atoms with Crippen molar-refractivity contribution in [2.75, 3.05) is 24.9 Å². The average Bonchev–Trinajstić information content (AvgIpc) is 3.52. The summed E-state index contributed by atoms with van der Waals surface area (Å²) in [6, 6.07) is 15.5. The maximum absolute atomic E-state index is 12.6. The predicted octanol–water partition coefficient (Wildman–Crippen LogP) is 3.85. The molecule has 0 aliphatic carbocycles. The lowest BCUT2D eigenvalue weighted by atomic mass is 10.2. The van der Waals surface area contributed by atoms with Crippen LogP contribution in [-0.2, 0) is 0 Å². The first kappa shape index (κ1) is 21.1. The first-order chi connectivity index (χ1) is 15.6. The number of methoxy groups -OCH3 is 2. The minimum atomic E-state index is -0.321. The molecule has 4 aromatic rings. The van der Waals surface area contributed by atoms with E-state index in [1.165, 1.54) is 13.4 Å². The predicted molar refractivity (Wildman–Crippen MR) is 121 cm³/mol. The van der Waals surface area contributed by atoms with Crippen LogP contribution < -0.4 is 20.1 Å². The van der Waals surface area contributed by atoms with Crippen LogP contribution in [0.2, 0.25) is 0 Å². The van der Waals surface area contributed by atoms with Gasteiger partial charge < -0.3 is 20.1 Å². The van der Waals surface area contributed by atoms with Crippen LogP contribution in [0, 0.1) is 0 Å². The van der Waals surface area contributed by atoms with Crippen molar-refractivity contribution in [2.24, 2.45) is 0 Å². The number of rotatable bonds is 7. The lowest BCUT2D eigenvalue weighted by Crippen LogP contribution is -2.11. The number of ether oxygens (including phenoxy) is 2. The Morgan fingerprint density at radius 2 is 1.47 bits per heavy atom. The molecule has 0 unspecified atom stereocenters. The number of hydrogen-bond donors (Lipinski definition) is 2. The number of benzene rings is 2. The number of nitrogens with zero attached hydrogens (tertiary/aromatic N) is 3. The third kappa shape index (κ3) is 4.60. The van der Waals surface area contributed by atoms with Crippen molar-refractivity contribution in [3.63, 3.8) is 0 Å². The molecule has 0 bridgehead atoms. The van der Waals surface area contributed by atoms with Crippen LogP contribution >= 0.6 is 11.3 Å². The molecule has 2 aromatic heterocycles. The summed E-state index contributed by atoms with van der Waals surface area (Å²) in [4.78, 5) is 29.9. The van der Waals surface area contributed by atoms with E-state index in [1.807, 2.05) is 12.1 Å². The summed E-state index contributed by atoms with van der Waals surface area (Å²) in [6.45, 7) is 0. The Labute approximate surface area is 187 Å². The Morgan fingerprint density at radius 1 is 0.844 bits per heavy atom. The zero-order valence-corrected chi connectivity index (χ0v) is 18.1. The molecule has 0 spiro atoms. The Balaban J connectivity index is 1.40. The van der Waals surface area contributed by atoms with E-state index in [0.717, 1.165) is 17.0 Å². The molecule has 0 atom stereocenters. The Bertz CT molecular complexity index is 1240. The van der Waals surface area contributed by atoms with Crippen LogP contribution in [0.5, 0.6) is 11.5 Å². The van der Waals surface area contributed by atoms with Crippen molar-refractivity contribution >= 4 is 34.5 Å². The minimum Gasteiger partial charge on any atom is -0.493 e. The van der Waals surface area contributed by atoms with Gasteiger partial charge in [0.05, 0.1) is 29.7 Å². The molecule has 0 radical (unpaired) electrons. The van der Waals surface area contributed by atoms with E-state index in [0.29, 0.717) is 32.6 Å². The summed E-state index contributed by atoms with van der Waals surface area (Å²) in [5.41, 5.74) is 2.01. The maximum atomic E-state index is 12.6. The van der Waals surface area contributed by atoms with Crippen LogP contribution in [0.3, 0.4) is 0 Å². The second-order valence-corrected chi connectivity index (χ2v) is 7.61. The number of carbonyl (C=O) groups is 2. The van der Waals surface area contributed by atoms with Gasteiger partial charge >= 0.3 is 0 Å². The number of carbonyl (C=O) groups excluding carboxylic acids is 2. The van der Waals surface area contributed by atoms with Gasteiger partial charge in [-0.1, -0.05) is 0 Å². The normalized spacial score (nSPS) is 10.4. The second kappa shape index (κ2) is 9.31. The van der Waals surface area contributed by atoms with E-state index in [4.69, 9.17) is 9.47 Å². The molecular weight excluding hydrogens is 430 g/mol. The largest absolute Gasteiger partial charge is 0.493 e. The van der Waals surface area contributed by atoms with Crippen LogP contribution in [0.1, 0.15) is 19.3 Å². The monoisotopic (exact) mass is 449 g/mol. The number of hydrogen-bond acceptors (Lipinski definition) is 7. The fourth-order valence-electron chi connectivity index (χ4n) is 2.92. The summed E-state index contributed by atoms with van der Waals surface area (Å²) in [6.07, 6.45) is 3.04. The molecule has 0 saturated carbocycles. The fraction of sp³-hybridized carbons (Fsp3) is 0.0909. The molecular formula is C22H19N5O4S. The molecule has 0 aliphatic heterocycles. The molecule has 2 aromatic carbocycles. The van der Waals surface area contributed by atoms with Gasteiger partial charge in [-0.05, 0) is 48.5 Å². The SMILES string of the molecule is COc1ccc(NC(=O)c2ccc(C(=O)Nc3ccc(-n4cncn4)cc3)s2)cc1OC. The van der Waals surface area contributed by atoms with Gasteiger partial charge in [0.1, 0.15) is 12.7 Å². The minimum absolute atomic E-state index is 0.298. The molecule has 0 fully saturated rings. The van der Waals surface area contributed by atoms with Crippen LogP contribution in [0.4, 0.5) is 11.4 Å². The summed E-state index contributed by atoms with van der Waals surface area (Å²) in [5.74, 6) is 0.452. The molecule has 2 heterocycles. The van der Waals surface area contributed by atoms with Gasteiger partial charge in [0.15, 0.2) is 11.5 Å². The van der Waals surface area contributed by atoms with Gasteiger partial charge in [0.25, 0.3) is 11.8 Å². The standard InChI is InChI=1S/C22H19N5O4S/c1-30-17-8-5-15(11-18(17)31-2)26-22(29)20-10-9-19(32-20)21(28)25-14-3-6-16(7-4-14)27-13-23-12-24-27/h3-13H,1-2H3,(H,25,28)(H,26,29).